The van der Waals surface area contributed by atoms with E-state index in [1.165, 1.54) is 4.72 Å². The zero-order chi connectivity index (χ0) is 49.9. The van der Waals surface area contributed by atoms with Gasteiger partial charge in [0.1, 0.15) is 73.9 Å². The SMILES string of the molecule is CS(=O)(=O)NC[C@H]1O[C@@H](n2cnc(C(N)=O)n2)[C@H](O)[C@@H]1O.NC(=O)c1ncn([C@@H]2O[C@H](CNS(=O)(=O)C(F)(F)F)[C@@H](O)[C@H]2O)n1.NC(=O)c1ncn([C@@H]2O[C@H](CNS(N)(=O)=O)[C@@H](O)[C@H]2O)n1. The molecule has 3 amide bonds. The lowest BCUT2D eigenvalue weighted by Crippen LogP contribution is -2.44. The maximum absolute atomic E-state index is 12.2. The number of sulfonamides is 2. The van der Waals surface area contributed by atoms with Crippen LogP contribution in [0.25, 0.3) is 0 Å². The van der Waals surface area contributed by atoms with Crippen LogP contribution in [-0.2, 0) is 44.5 Å². The number of aliphatic hydroxyl groups excluding tert-OH is 6. The van der Waals surface area contributed by atoms with Crippen molar-refractivity contribution in [3.63, 3.8) is 0 Å². The second-order valence-electron chi connectivity index (χ2n) is 13.7. The van der Waals surface area contributed by atoms with Gasteiger partial charge in [0.25, 0.3) is 27.9 Å². The van der Waals surface area contributed by atoms with Crippen molar-refractivity contribution in [2.75, 3.05) is 25.9 Å². The molecule has 66 heavy (non-hydrogen) atoms. The zero-order valence-corrected chi connectivity index (χ0v) is 35.5. The summed E-state index contributed by atoms with van der Waals surface area (Å²) in [5, 5.41) is 74.8. The molecule has 0 unspecified atom stereocenters. The number of nitrogens with zero attached hydrogens (tertiary/aromatic N) is 9. The molecule has 3 aromatic rings. The molecule has 0 aliphatic carbocycles. The molecule has 0 saturated carbocycles. The van der Waals surface area contributed by atoms with E-state index in [0.29, 0.717) is 0 Å². The number of nitrogens with two attached hydrogens (primary N) is 4. The third kappa shape index (κ3) is 13.5. The highest BCUT2D eigenvalue weighted by Crippen LogP contribution is 2.31. The predicted octanol–water partition coefficient (Wildman–Crippen LogP) is -10.2. The Labute approximate surface area is 367 Å². The summed E-state index contributed by atoms with van der Waals surface area (Å²) >= 11 is 0. The monoisotopic (exact) mass is 1020 g/mol. The molecule has 0 bridgehead atoms. The number of alkyl halides is 3. The standard InChI is InChI=1S/C9H12F3N5O6S.C9H15N5O6S.C8H14N6O6S/c10-9(11,12)24(21,22)15-1-3-4(18)5(19)8(23-3)17-2-14-7(16-17)6(13)20;1-21(18,19)12-2-4-5(15)6(16)9(20-4)14-3-11-8(13-14)7(10)17;9-6(17)7-11-2-14(13-7)8-5(16)4(15)3(20-8)1-12-21(10,18)19/h2-5,8,15,18-19H,1H2,(H2,13,20);3-6,9,12,15-16H,2H2,1H3,(H2,10,17);2-5,8,12,15-16H,1H2,(H2,9,17)(H2,10,18,19)/t3-,4-,5-,8-;4-,5-,6-,9-;3-,4-,5-,8-/m111/s1. The van der Waals surface area contributed by atoms with Crippen molar-refractivity contribution in [3.05, 3.63) is 36.5 Å². The highest BCUT2D eigenvalue weighted by Gasteiger charge is 2.49. The minimum atomic E-state index is -5.63. The highest BCUT2D eigenvalue weighted by atomic mass is 32.2. The smallest absolute Gasteiger partial charge is 0.387 e. The van der Waals surface area contributed by atoms with Gasteiger partial charge in [0.2, 0.25) is 27.5 Å². The number of primary amides is 3. The van der Waals surface area contributed by atoms with Crippen molar-refractivity contribution < 1.29 is 97.7 Å². The molecule has 17 N–H and O–H groups in total. The van der Waals surface area contributed by atoms with Gasteiger partial charge >= 0.3 is 15.5 Å². The lowest BCUT2D eigenvalue weighted by molar-refractivity contribution is -0.0490. The fourth-order valence-electron chi connectivity index (χ4n) is 5.59. The van der Waals surface area contributed by atoms with E-state index in [1.807, 2.05) is 4.72 Å². The van der Waals surface area contributed by atoms with Crippen LogP contribution in [0.1, 0.15) is 50.5 Å². The zero-order valence-electron chi connectivity index (χ0n) is 33.1. The Morgan fingerprint density at radius 2 is 0.879 bits per heavy atom. The van der Waals surface area contributed by atoms with Crippen LogP contribution in [-0.4, -0.2) is 204 Å². The van der Waals surface area contributed by atoms with Crippen LogP contribution >= 0.6 is 0 Å². The summed E-state index contributed by atoms with van der Waals surface area (Å²) < 4.78 is 126. The Morgan fingerprint density at radius 3 is 1.12 bits per heavy atom. The topological polar surface area (TPSA) is 535 Å². The predicted molar refractivity (Wildman–Crippen MR) is 200 cm³/mol. The van der Waals surface area contributed by atoms with Crippen molar-refractivity contribution >= 4 is 48.0 Å². The first-order valence-corrected chi connectivity index (χ1v) is 22.7. The molecular formula is C26H41F3N16O18S3. The Hall–Kier alpha value is -5.05. The molecule has 372 valence electrons. The minimum Gasteiger partial charge on any atom is -0.387 e. The van der Waals surface area contributed by atoms with E-state index in [1.54, 1.807) is 0 Å². The molecular weight excluding hydrogens is 978 g/mol. The van der Waals surface area contributed by atoms with Crippen molar-refractivity contribution in [1.82, 2.24) is 58.5 Å². The molecule has 3 aliphatic rings. The van der Waals surface area contributed by atoms with E-state index in [2.05, 4.69) is 35.0 Å². The van der Waals surface area contributed by atoms with Gasteiger partial charge in [-0.25, -0.2) is 60.4 Å². The van der Waals surface area contributed by atoms with Gasteiger partial charge < -0.3 is 62.1 Å². The van der Waals surface area contributed by atoms with Crippen molar-refractivity contribution in [3.8, 4) is 0 Å². The van der Waals surface area contributed by atoms with Gasteiger partial charge in [-0.2, -0.15) is 26.3 Å². The van der Waals surface area contributed by atoms with E-state index in [0.717, 1.165) is 39.3 Å². The maximum atomic E-state index is 12.2. The molecule has 6 rings (SSSR count). The Kier molecular flexibility index (Phi) is 16.9. The third-order valence-corrected chi connectivity index (χ3v) is 11.2. The number of carbonyl (C=O) groups excluding carboxylic acids is 3. The van der Waals surface area contributed by atoms with Gasteiger partial charge in [-0.3, -0.25) is 14.4 Å². The van der Waals surface area contributed by atoms with Crippen molar-refractivity contribution in [2.24, 2.45) is 22.3 Å². The second-order valence-corrected chi connectivity index (χ2v) is 18.7. The molecule has 3 saturated heterocycles. The third-order valence-electron chi connectivity index (χ3n) is 8.79. The lowest BCUT2D eigenvalue weighted by atomic mass is 10.1. The number of aliphatic hydroxyl groups is 6. The molecule has 3 aliphatic heterocycles. The van der Waals surface area contributed by atoms with E-state index in [-0.39, 0.29) is 24.7 Å². The molecule has 0 spiro atoms. The summed E-state index contributed by atoms with van der Waals surface area (Å²) in [4.78, 5) is 43.4. The number of carbonyl (C=O) groups is 3. The first kappa shape index (κ1) is 53.6. The fourth-order valence-corrected chi connectivity index (χ4v) is 7.00. The van der Waals surface area contributed by atoms with Crippen LogP contribution in [0.2, 0.25) is 0 Å². The Morgan fingerprint density at radius 1 is 0.591 bits per heavy atom. The quantitative estimate of drug-likeness (QED) is 0.0672. The average molecular weight is 1020 g/mol. The number of halogens is 3. The molecule has 3 fully saturated rings. The number of ether oxygens (including phenoxy) is 3. The largest absolute Gasteiger partial charge is 0.511 e. The number of nitrogens with one attached hydrogen (secondary N) is 3. The average Bonchev–Trinajstić information content (AvgIpc) is 4.07. The van der Waals surface area contributed by atoms with Gasteiger partial charge in [-0.05, 0) is 0 Å². The maximum Gasteiger partial charge on any atom is 0.511 e. The number of hydrogen-bond acceptors (Lipinski definition) is 24. The summed E-state index contributed by atoms with van der Waals surface area (Å²) in [6, 6.07) is 0. The molecule has 3 aromatic heterocycles. The van der Waals surface area contributed by atoms with E-state index in [4.69, 9.17) is 36.6 Å². The number of aromatic nitrogens is 9. The number of hydrogen-bond donors (Lipinski definition) is 13. The summed E-state index contributed by atoms with van der Waals surface area (Å²) in [6.07, 6.45) is -11.9. The van der Waals surface area contributed by atoms with E-state index in [9.17, 15) is 83.4 Å². The van der Waals surface area contributed by atoms with Crippen LogP contribution in [0.5, 0.6) is 0 Å². The van der Waals surface area contributed by atoms with E-state index < -0.39 is 139 Å². The molecule has 0 aromatic carbocycles. The van der Waals surface area contributed by atoms with Crippen molar-refractivity contribution in [2.45, 2.75) is 79.1 Å². The molecule has 6 heterocycles. The summed E-state index contributed by atoms with van der Waals surface area (Å²) in [7, 11) is -13.1. The van der Waals surface area contributed by atoms with Crippen LogP contribution in [0, 0.1) is 0 Å². The first-order chi connectivity index (χ1) is 30.3. The molecule has 12 atom stereocenters. The lowest BCUT2D eigenvalue weighted by Gasteiger charge is -2.16. The first-order valence-electron chi connectivity index (χ1n) is 17.8. The van der Waals surface area contributed by atoms with Gasteiger partial charge in [0.15, 0.2) is 18.7 Å². The highest BCUT2D eigenvalue weighted by molar-refractivity contribution is 7.90. The van der Waals surface area contributed by atoms with Crippen LogP contribution in [0.4, 0.5) is 13.2 Å². The molecule has 40 heteroatoms. The Balaban J connectivity index is 0.000000217. The van der Waals surface area contributed by atoms with Crippen LogP contribution in [0.15, 0.2) is 19.0 Å². The number of rotatable bonds is 15. The second kappa shape index (κ2) is 20.9. The minimum absolute atomic E-state index is 0.217. The van der Waals surface area contributed by atoms with Gasteiger partial charge in [-0.1, -0.05) is 0 Å². The molecule has 34 nitrogen and oxygen atoms in total. The number of amides is 3. The van der Waals surface area contributed by atoms with E-state index >= 15 is 0 Å². The van der Waals surface area contributed by atoms with Crippen molar-refractivity contribution in [1.29, 1.82) is 0 Å². The fraction of sp³-hybridized carbons (Fsp3) is 0.654. The van der Waals surface area contributed by atoms with Gasteiger partial charge in [0, 0.05) is 19.6 Å². The molecule has 0 radical (unpaired) electrons. The van der Waals surface area contributed by atoms with Crippen LogP contribution in [0.3, 0.4) is 0 Å². The Bertz CT molecular complexity index is 2420. The summed E-state index contributed by atoms with van der Waals surface area (Å²) in [6.45, 7) is -1.51. The van der Waals surface area contributed by atoms with Gasteiger partial charge in [0.05, 0.1) is 6.26 Å². The van der Waals surface area contributed by atoms with Crippen LogP contribution < -0.4 is 36.5 Å². The summed E-state index contributed by atoms with van der Waals surface area (Å²) in [5.41, 5.74) is 9.40. The normalized spacial score (nSPS) is 29.1. The van der Waals surface area contributed by atoms with Gasteiger partial charge in [-0.15, -0.1) is 15.3 Å². The summed E-state index contributed by atoms with van der Waals surface area (Å²) in [5.74, 6) is -3.66.